The van der Waals surface area contributed by atoms with Crippen molar-refractivity contribution in [2.24, 2.45) is 0 Å². The predicted octanol–water partition coefficient (Wildman–Crippen LogP) is 8.36. The molecule has 0 aliphatic rings. The summed E-state index contributed by atoms with van der Waals surface area (Å²) in [4.78, 5) is 14.6. The van der Waals surface area contributed by atoms with Crippen LogP contribution in [0.5, 0.6) is 0 Å². The van der Waals surface area contributed by atoms with Gasteiger partial charge in [-0.15, -0.1) is 0 Å². The van der Waals surface area contributed by atoms with E-state index >= 15 is 0 Å². The number of aromatic nitrogens is 3. The second kappa shape index (κ2) is 9.41. The molecule has 0 aliphatic heterocycles. The second-order valence-corrected chi connectivity index (χ2v) is 9.28. The van der Waals surface area contributed by atoms with E-state index in [-0.39, 0.29) is 0 Å². The Kier molecular flexibility index (Phi) is 5.48. The highest BCUT2D eigenvalue weighted by atomic mass is 16.3. The Labute approximate surface area is 220 Å². The van der Waals surface area contributed by atoms with E-state index in [0.717, 1.165) is 50.0 Å². The SMILES string of the molecule is c1ccc(-c2ccc3oc4cccc(Cc5nc(-c6ccccc6)nc(-c6ccccc6)n5)c4c3c2)cc1. The minimum Gasteiger partial charge on any atom is -0.456 e. The molecule has 0 saturated heterocycles. The van der Waals surface area contributed by atoms with Gasteiger partial charge in [-0.05, 0) is 34.9 Å². The van der Waals surface area contributed by atoms with Crippen LogP contribution in [0.1, 0.15) is 11.4 Å². The lowest BCUT2D eigenvalue weighted by Gasteiger charge is -2.09. The first-order chi connectivity index (χ1) is 18.8. The van der Waals surface area contributed by atoms with Crippen molar-refractivity contribution in [2.45, 2.75) is 6.42 Å². The van der Waals surface area contributed by atoms with Crippen LogP contribution in [0, 0.1) is 0 Å². The third-order valence-electron chi connectivity index (χ3n) is 6.78. The number of hydrogen-bond acceptors (Lipinski definition) is 4. The van der Waals surface area contributed by atoms with Crippen LogP contribution in [0.3, 0.4) is 0 Å². The van der Waals surface area contributed by atoms with Crippen LogP contribution < -0.4 is 0 Å². The maximum Gasteiger partial charge on any atom is 0.163 e. The van der Waals surface area contributed by atoms with Crippen LogP contribution in [-0.2, 0) is 6.42 Å². The average Bonchev–Trinajstić information content (AvgIpc) is 3.37. The van der Waals surface area contributed by atoms with Gasteiger partial charge in [0, 0.05) is 28.3 Å². The molecule has 4 nitrogen and oxygen atoms in total. The molecule has 0 spiro atoms. The highest BCUT2D eigenvalue weighted by Crippen LogP contribution is 2.35. The monoisotopic (exact) mass is 489 g/mol. The van der Waals surface area contributed by atoms with Crippen molar-refractivity contribution in [1.82, 2.24) is 15.0 Å². The van der Waals surface area contributed by atoms with Crippen molar-refractivity contribution in [3.05, 3.63) is 139 Å². The predicted molar refractivity (Wildman–Crippen MR) is 153 cm³/mol. The Hall–Kier alpha value is -5.09. The Morgan fingerprint density at radius 2 is 1.08 bits per heavy atom. The molecule has 2 aromatic heterocycles. The molecule has 0 aliphatic carbocycles. The second-order valence-electron chi connectivity index (χ2n) is 9.28. The number of benzene rings is 5. The van der Waals surface area contributed by atoms with E-state index in [1.54, 1.807) is 0 Å². The van der Waals surface area contributed by atoms with Crippen LogP contribution in [0.25, 0.3) is 55.8 Å². The Morgan fingerprint density at radius 3 is 1.71 bits per heavy atom. The van der Waals surface area contributed by atoms with Gasteiger partial charge in [0.1, 0.15) is 17.0 Å². The van der Waals surface area contributed by atoms with Gasteiger partial charge in [-0.2, -0.15) is 0 Å². The van der Waals surface area contributed by atoms with Crippen LogP contribution in [-0.4, -0.2) is 15.0 Å². The van der Waals surface area contributed by atoms with E-state index < -0.39 is 0 Å². The van der Waals surface area contributed by atoms with E-state index in [1.165, 1.54) is 5.56 Å². The zero-order chi connectivity index (χ0) is 25.3. The fraction of sp³-hybridized carbons (Fsp3) is 0.0294. The van der Waals surface area contributed by atoms with Crippen molar-refractivity contribution in [2.75, 3.05) is 0 Å². The molecule has 0 atom stereocenters. The summed E-state index contributed by atoms with van der Waals surface area (Å²) < 4.78 is 6.25. The van der Waals surface area contributed by atoms with Crippen molar-refractivity contribution in [3.63, 3.8) is 0 Å². The van der Waals surface area contributed by atoms with E-state index in [2.05, 4.69) is 48.5 Å². The van der Waals surface area contributed by atoms with E-state index in [0.29, 0.717) is 18.1 Å². The molecule has 5 aromatic carbocycles. The summed E-state index contributed by atoms with van der Waals surface area (Å²) in [5.74, 6) is 2.06. The van der Waals surface area contributed by atoms with Gasteiger partial charge in [-0.1, -0.05) is 109 Å². The molecule has 0 saturated carbocycles. The number of rotatable bonds is 5. The minimum absolute atomic E-state index is 0.559. The van der Waals surface area contributed by atoms with Crippen LogP contribution in [0.15, 0.2) is 132 Å². The van der Waals surface area contributed by atoms with E-state index in [4.69, 9.17) is 19.4 Å². The molecule has 38 heavy (non-hydrogen) atoms. The van der Waals surface area contributed by atoms with Crippen molar-refractivity contribution in [1.29, 1.82) is 0 Å². The van der Waals surface area contributed by atoms with Gasteiger partial charge in [0.25, 0.3) is 0 Å². The van der Waals surface area contributed by atoms with Crippen molar-refractivity contribution >= 4 is 21.9 Å². The van der Waals surface area contributed by atoms with Gasteiger partial charge in [0.05, 0.1) is 0 Å². The van der Waals surface area contributed by atoms with Crippen molar-refractivity contribution in [3.8, 4) is 33.9 Å². The molecular weight excluding hydrogens is 466 g/mol. The molecule has 4 heteroatoms. The van der Waals surface area contributed by atoms with Crippen molar-refractivity contribution < 1.29 is 4.42 Å². The van der Waals surface area contributed by atoms with Gasteiger partial charge >= 0.3 is 0 Å². The highest BCUT2D eigenvalue weighted by molar-refractivity contribution is 6.08. The van der Waals surface area contributed by atoms with Gasteiger partial charge in [-0.3, -0.25) is 0 Å². The molecule has 0 fully saturated rings. The quantitative estimate of drug-likeness (QED) is 0.244. The lowest BCUT2D eigenvalue weighted by atomic mass is 9.99. The van der Waals surface area contributed by atoms with E-state index in [9.17, 15) is 0 Å². The summed E-state index contributed by atoms with van der Waals surface area (Å²) in [6, 6.07) is 43.2. The number of hydrogen-bond donors (Lipinski definition) is 0. The highest BCUT2D eigenvalue weighted by Gasteiger charge is 2.16. The van der Waals surface area contributed by atoms with Gasteiger partial charge in [0.2, 0.25) is 0 Å². The largest absolute Gasteiger partial charge is 0.456 e. The normalized spacial score (nSPS) is 11.3. The molecule has 0 radical (unpaired) electrons. The summed E-state index contributed by atoms with van der Waals surface area (Å²) >= 11 is 0. The Bertz CT molecular complexity index is 1820. The number of furan rings is 1. The van der Waals surface area contributed by atoms with E-state index in [1.807, 2.05) is 78.9 Å². The first kappa shape index (κ1) is 22.1. The Balaban J connectivity index is 1.38. The van der Waals surface area contributed by atoms with Crippen LogP contribution in [0.2, 0.25) is 0 Å². The summed E-state index contributed by atoms with van der Waals surface area (Å²) in [7, 11) is 0. The number of fused-ring (bicyclic) bond motifs is 3. The average molecular weight is 490 g/mol. The maximum atomic E-state index is 6.25. The molecule has 180 valence electrons. The molecule has 7 aromatic rings. The lowest BCUT2D eigenvalue weighted by molar-refractivity contribution is 0.668. The summed E-state index contributed by atoms with van der Waals surface area (Å²) in [5, 5.41) is 2.20. The Morgan fingerprint density at radius 1 is 0.474 bits per heavy atom. The fourth-order valence-electron chi connectivity index (χ4n) is 4.96. The third-order valence-corrected chi connectivity index (χ3v) is 6.78. The van der Waals surface area contributed by atoms with Crippen LogP contribution >= 0.6 is 0 Å². The molecule has 0 bridgehead atoms. The fourth-order valence-corrected chi connectivity index (χ4v) is 4.96. The molecular formula is C34H23N3O. The zero-order valence-electron chi connectivity index (χ0n) is 20.6. The standard InChI is InChI=1S/C34H23N3O/c1-4-11-23(12-5-1)26-19-20-29-28(21-26)32-27(17-10-18-30(32)38-29)22-31-35-33(24-13-6-2-7-14-24)37-34(36-31)25-15-8-3-9-16-25/h1-21H,22H2. The van der Waals surface area contributed by atoms with Gasteiger partial charge in [0.15, 0.2) is 11.6 Å². The summed E-state index contributed by atoms with van der Waals surface area (Å²) in [6.45, 7) is 0. The first-order valence-corrected chi connectivity index (χ1v) is 12.7. The minimum atomic E-state index is 0.559. The molecule has 0 N–H and O–H groups in total. The first-order valence-electron chi connectivity index (χ1n) is 12.7. The topological polar surface area (TPSA) is 51.8 Å². The number of nitrogens with zero attached hydrogens (tertiary/aromatic N) is 3. The molecule has 0 amide bonds. The smallest absolute Gasteiger partial charge is 0.163 e. The van der Waals surface area contributed by atoms with Crippen LogP contribution in [0.4, 0.5) is 0 Å². The maximum absolute atomic E-state index is 6.25. The molecule has 2 heterocycles. The van der Waals surface area contributed by atoms with Gasteiger partial charge in [-0.25, -0.2) is 15.0 Å². The zero-order valence-corrected chi connectivity index (χ0v) is 20.6. The van der Waals surface area contributed by atoms with Gasteiger partial charge < -0.3 is 4.42 Å². The lowest BCUT2D eigenvalue weighted by Crippen LogP contribution is -2.04. The molecule has 7 rings (SSSR count). The summed E-state index contributed by atoms with van der Waals surface area (Å²) in [5.41, 5.74) is 7.13. The summed E-state index contributed by atoms with van der Waals surface area (Å²) in [6.07, 6.45) is 0.559. The molecule has 0 unspecified atom stereocenters. The third kappa shape index (κ3) is 4.12.